The van der Waals surface area contributed by atoms with Crippen LogP contribution in [0.5, 0.6) is 0 Å². The average Bonchev–Trinajstić information content (AvgIpc) is 3.20. The smallest absolute Gasteiger partial charge is 0.288 e. The van der Waals surface area contributed by atoms with Crippen molar-refractivity contribution in [2.45, 2.75) is 19.2 Å². The number of benzene rings is 3. The predicted octanol–water partition coefficient (Wildman–Crippen LogP) is 4.78. The molecule has 1 N–H and O–H groups in total. The molecule has 2 aliphatic rings. The zero-order valence-corrected chi connectivity index (χ0v) is 18.5. The van der Waals surface area contributed by atoms with Crippen LogP contribution in [0.1, 0.15) is 16.7 Å². The first-order valence-electron chi connectivity index (χ1n) is 9.52. The van der Waals surface area contributed by atoms with Crippen LogP contribution in [0.4, 0.5) is 11.4 Å². The summed E-state index contributed by atoms with van der Waals surface area (Å²) in [7, 11) is 0. The van der Waals surface area contributed by atoms with Gasteiger partial charge in [0, 0.05) is 10.0 Å². The summed E-state index contributed by atoms with van der Waals surface area (Å²) in [4.78, 5) is 21.8. The summed E-state index contributed by atoms with van der Waals surface area (Å²) in [5.74, 6) is -0.191. The van der Waals surface area contributed by atoms with E-state index in [0.717, 1.165) is 32.5 Å². The van der Waals surface area contributed by atoms with E-state index in [1.54, 1.807) is 4.90 Å². The lowest BCUT2D eigenvalue weighted by molar-refractivity contribution is -0.141. The number of rotatable bonds is 3. The van der Waals surface area contributed by atoms with Crippen molar-refractivity contribution >= 4 is 50.5 Å². The standard InChI is InChI=1S/C23H18BrN3O2S/c1-15-11-12-19-17(13-15)23(21(28)26(19)14-16-7-3-2-4-8-16)25-22(30)27(29-23)20-10-6-5-9-18(20)24/h2-13H,14H2,1H3,(H,25,30). The number of hydroxylamine groups is 1. The van der Waals surface area contributed by atoms with Gasteiger partial charge in [-0.3, -0.25) is 4.79 Å². The van der Waals surface area contributed by atoms with Crippen molar-refractivity contribution < 1.29 is 9.63 Å². The summed E-state index contributed by atoms with van der Waals surface area (Å²) in [6, 6.07) is 23.5. The van der Waals surface area contributed by atoms with E-state index in [2.05, 4.69) is 21.2 Å². The van der Waals surface area contributed by atoms with Gasteiger partial charge in [-0.05, 0) is 64.9 Å². The number of anilines is 2. The van der Waals surface area contributed by atoms with Crippen molar-refractivity contribution in [3.8, 4) is 0 Å². The molecule has 3 aromatic carbocycles. The first kappa shape index (κ1) is 19.2. The number of halogens is 1. The molecule has 0 radical (unpaired) electrons. The van der Waals surface area contributed by atoms with Gasteiger partial charge in [0.25, 0.3) is 11.6 Å². The van der Waals surface area contributed by atoms with Gasteiger partial charge in [0.2, 0.25) is 5.11 Å². The van der Waals surface area contributed by atoms with Crippen LogP contribution in [0, 0.1) is 6.92 Å². The van der Waals surface area contributed by atoms with Crippen LogP contribution in [-0.2, 0) is 21.9 Å². The number of thiocarbonyl (C=S) groups is 1. The maximum Gasteiger partial charge on any atom is 0.288 e. The highest BCUT2D eigenvalue weighted by Gasteiger charge is 2.59. The third-order valence-electron chi connectivity index (χ3n) is 5.32. The van der Waals surface area contributed by atoms with Gasteiger partial charge in [-0.2, -0.15) is 5.06 Å². The van der Waals surface area contributed by atoms with E-state index in [-0.39, 0.29) is 5.91 Å². The minimum absolute atomic E-state index is 0.191. The summed E-state index contributed by atoms with van der Waals surface area (Å²) in [5, 5.41) is 5.02. The molecule has 3 aromatic rings. The molecule has 0 saturated carbocycles. The number of fused-ring (bicyclic) bond motifs is 2. The number of nitrogens with zero attached hydrogens (tertiary/aromatic N) is 2. The molecule has 1 atom stereocenters. The number of hydrogen-bond acceptors (Lipinski definition) is 3. The van der Waals surface area contributed by atoms with Crippen LogP contribution < -0.4 is 15.3 Å². The van der Waals surface area contributed by atoms with Crippen molar-refractivity contribution in [1.29, 1.82) is 0 Å². The van der Waals surface area contributed by atoms with Crippen LogP contribution in [0.15, 0.2) is 77.3 Å². The minimum atomic E-state index is -1.39. The number of nitrogens with one attached hydrogen (secondary N) is 1. The van der Waals surface area contributed by atoms with Gasteiger partial charge in [0.1, 0.15) is 0 Å². The van der Waals surface area contributed by atoms with E-state index in [1.807, 2.05) is 79.7 Å². The fraction of sp³-hybridized carbons (Fsp3) is 0.130. The second-order valence-electron chi connectivity index (χ2n) is 7.35. The number of amides is 1. The van der Waals surface area contributed by atoms with E-state index in [0.29, 0.717) is 11.7 Å². The largest absolute Gasteiger partial charge is 0.319 e. The lowest BCUT2D eigenvalue weighted by Gasteiger charge is -2.23. The first-order chi connectivity index (χ1) is 14.5. The molecular formula is C23H18BrN3O2S. The van der Waals surface area contributed by atoms with Crippen molar-refractivity contribution in [3.63, 3.8) is 0 Å². The Kier molecular flexibility index (Phi) is 4.61. The molecular weight excluding hydrogens is 462 g/mol. The normalized spacial score (nSPS) is 20.1. The van der Waals surface area contributed by atoms with Crippen LogP contribution >= 0.6 is 28.1 Å². The topological polar surface area (TPSA) is 44.8 Å². The molecule has 7 heteroatoms. The lowest BCUT2D eigenvalue weighted by atomic mass is 10.0. The van der Waals surface area contributed by atoms with E-state index >= 15 is 0 Å². The Bertz CT molecular complexity index is 1170. The highest BCUT2D eigenvalue weighted by Crippen LogP contribution is 2.46. The third kappa shape index (κ3) is 2.93. The summed E-state index contributed by atoms with van der Waals surface area (Å²) in [5.41, 5.74) is 3.01. The van der Waals surface area contributed by atoms with E-state index < -0.39 is 5.72 Å². The van der Waals surface area contributed by atoms with E-state index in [9.17, 15) is 4.79 Å². The van der Waals surface area contributed by atoms with Crippen LogP contribution in [-0.4, -0.2) is 11.0 Å². The molecule has 5 rings (SSSR count). The lowest BCUT2D eigenvalue weighted by Crippen LogP contribution is -2.48. The van der Waals surface area contributed by atoms with Gasteiger partial charge in [-0.15, -0.1) is 0 Å². The maximum atomic E-state index is 13.7. The molecule has 0 bridgehead atoms. The van der Waals surface area contributed by atoms with Gasteiger partial charge >= 0.3 is 0 Å². The average molecular weight is 480 g/mol. The second-order valence-corrected chi connectivity index (χ2v) is 8.59. The van der Waals surface area contributed by atoms with Gasteiger partial charge in [-0.25, -0.2) is 4.84 Å². The highest BCUT2D eigenvalue weighted by atomic mass is 79.9. The van der Waals surface area contributed by atoms with Crippen LogP contribution in [0.3, 0.4) is 0 Å². The summed E-state index contributed by atoms with van der Waals surface area (Å²) in [6.45, 7) is 2.45. The zero-order valence-electron chi connectivity index (χ0n) is 16.1. The molecule has 0 aromatic heterocycles. The summed E-state index contributed by atoms with van der Waals surface area (Å²) in [6.07, 6.45) is 0. The predicted molar refractivity (Wildman–Crippen MR) is 124 cm³/mol. The van der Waals surface area contributed by atoms with E-state index in [1.165, 1.54) is 5.06 Å². The molecule has 0 aliphatic carbocycles. The fourth-order valence-electron chi connectivity index (χ4n) is 3.89. The van der Waals surface area contributed by atoms with Crippen molar-refractivity contribution in [1.82, 2.24) is 5.32 Å². The van der Waals surface area contributed by atoms with Crippen molar-refractivity contribution in [2.75, 3.05) is 9.96 Å². The molecule has 150 valence electrons. The Morgan fingerprint density at radius 3 is 2.53 bits per heavy atom. The summed E-state index contributed by atoms with van der Waals surface area (Å²) < 4.78 is 0.822. The zero-order chi connectivity index (χ0) is 20.9. The van der Waals surface area contributed by atoms with Gasteiger partial charge in [0.15, 0.2) is 0 Å². The molecule has 1 amide bonds. The Hall–Kier alpha value is -2.74. The molecule has 2 aliphatic heterocycles. The van der Waals surface area contributed by atoms with E-state index in [4.69, 9.17) is 17.1 Å². The molecule has 5 nitrogen and oxygen atoms in total. The Morgan fingerprint density at radius 2 is 1.77 bits per heavy atom. The maximum absolute atomic E-state index is 13.7. The van der Waals surface area contributed by atoms with Gasteiger partial charge < -0.3 is 10.2 Å². The molecule has 1 unspecified atom stereocenters. The third-order valence-corrected chi connectivity index (χ3v) is 6.26. The quantitative estimate of drug-likeness (QED) is 0.547. The number of carbonyl (C=O) groups excluding carboxylic acids is 1. The van der Waals surface area contributed by atoms with Crippen molar-refractivity contribution in [3.05, 3.63) is 94.0 Å². The monoisotopic (exact) mass is 479 g/mol. The highest BCUT2D eigenvalue weighted by molar-refractivity contribution is 9.10. The molecule has 1 saturated heterocycles. The second kappa shape index (κ2) is 7.19. The van der Waals surface area contributed by atoms with Crippen LogP contribution in [0.2, 0.25) is 0 Å². The minimum Gasteiger partial charge on any atom is -0.319 e. The Morgan fingerprint density at radius 1 is 1.03 bits per heavy atom. The summed E-state index contributed by atoms with van der Waals surface area (Å²) >= 11 is 9.11. The number of aryl methyl sites for hydroxylation is 1. The molecule has 1 spiro atoms. The SMILES string of the molecule is Cc1ccc2c(c1)C1(NC(=S)N(c3ccccc3Br)O1)C(=O)N2Cc1ccccc1. The van der Waals surface area contributed by atoms with Crippen molar-refractivity contribution in [2.24, 2.45) is 0 Å². The van der Waals surface area contributed by atoms with Crippen LogP contribution in [0.25, 0.3) is 0 Å². The van der Waals surface area contributed by atoms with Gasteiger partial charge in [0.05, 0.1) is 17.9 Å². The Labute approximate surface area is 188 Å². The first-order valence-corrected chi connectivity index (χ1v) is 10.7. The fourth-order valence-corrected chi connectivity index (χ4v) is 4.62. The molecule has 30 heavy (non-hydrogen) atoms. The number of carbonyl (C=O) groups is 1. The Balaban J connectivity index is 1.59. The molecule has 1 fully saturated rings. The molecule has 2 heterocycles. The number of hydrogen-bond donors (Lipinski definition) is 1. The van der Waals surface area contributed by atoms with Gasteiger partial charge in [-0.1, -0.05) is 54.1 Å². The number of para-hydroxylation sites is 1.